The summed E-state index contributed by atoms with van der Waals surface area (Å²) in [6.45, 7) is 4.13. The summed E-state index contributed by atoms with van der Waals surface area (Å²) in [5.74, 6) is -2.06. The van der Waals surface area contributed by atoms with E-state index in [4.69, 9.17) is 5.11 Å². The van der Waals surface area contributed by atoms with E-state index < -0.39 is 23.2 Å². The molecule has 1 aromatic carbocycles. The van der Waals surface area contributed by atoms with Gasteiger partial charge in [0.1, 0.15) is 0 Å². The van der Waals surface area contributed by atoms with Gasteiger partial charge in [0.2, 0.25) is 5.91 Å². The van der Waals surface area contributed by atoms with Gasteiger partial charge in [-0.25, -0.2) is 4.98 Å². The van der Waals surface area contributed by atoms with Crippen molar-refractivity contribution in [3.63, 3.8) is 0 Å². The maximum atomic E-state index is 12.1. The smallest absolute Gasteiger partial charge is 0.307 e. The number of carboxylic acids is 1. The molecule has 0 spiro atoms. The number of nitrogens with one attached hydrogen (secondary N) is 1. The van der Waals surface area contributed by atoms with Crippen molar-refractivity contribution in [2.45, 2.75) is 20.3 Å². The molecule has 1 heterocycles. The van der Waals surface area contributed by atoms with Gasteiger partial charge in [0.05, 0.1) is 27.1 Å². The van der Waals surface area contributed by atoms with Crippen LogP contribution in [0.5, 0.6) is 0 Å². The van der Waals surface area contributed by atoms with E-state index in [9.17, 15) is 9.59 Å². The number of hydrogen-bond acceptors (Lipinski definition) is 4. The Balaban J connectivity index is 1.55. The fraction of sp³-hybridized carbons (Fsp3) is 0.438. The molecule has 3 rings (SSSR count). The number of hydrogen-bond donors (Lipinski definition) is 2. The van der Waals surface area contributed by atoms with Crippen LogP contribution >= 0.6 is 11.3 Å². The second-order valence-electron chi connectivity index (χ2n) is 6.23. The van der Waals surface area contributed by atoms with Gasteiger partial charge in [-0.15, -0.1) is 11.3 Å². The third-order valence-electron chi connectivity index (χ3n) is 4.35. The monoisotopic (exact) mass is 318 g/mol. The molecule has 2 N–H and O–H groups in total. The molecule has 1 amide bonds. The zero-order chi connectivity index (χ0) is 15.9. The van der Waals surface area contributed by atoms with Gasteiger partial charge in [-0.1, -0.05) is 26.0 Å². The Morgan fingerprint density at radius 1 is 1.32 bits per heavy atom. The summed E-state index contributed by atoms with van der Waals surface area (Å²) >= 11 is 1.62. The van der Waals surface area contributed by atoms with Crippen LogP contribution in [0.2, 0.25) is 0 Å². The average Bonchev–Trinajstić information content (AvgIpc) is 2.84. The lowest BCUT2D eigenvalue weighted by molar-refractivity contribution is -0.140. The van der Waals surface area contributed by atoms with E-state index in [0.29, 0.717) is 13.0 Å². The van der Waals surface area contributed by atoms with E-state index in [1.165, 1.54) is 0 Å². The minimum atomic E-state index is -0.892. The molecule has 0 saturated heterocycles. The van der Waals surface area contributed by atoms with Crippen molar-refractivity contribution in [1.29, 1.82) is 0 Å². The molecule has 0 aliphatic heterocycles. The molecule has 1 aromatic heterocycles. The first-order valence-electron chi connectivity index (χ1n) is 7.26. The second kappa shape index (κ2) is 5.35. The van der Waals surface area contributed by atoms with Crippen LogP contribution in [0.25, 0.3) is 10.2 Å². The lowest BCUT2D eigenvalue weighted by atomic mass is 10.1. The molecule has 0 bridgehead atoms. The summed E-state index contributed by atoms with van der Waals surface area (Å²) in [6, 6.07) is 7.93. The number of carboxylic acid groups (broad SMARTS) is 1. The van der Waals surface area contributed by atoms with E-state index in [-0.39, 0.29) is 5.91 Å². The van der Waals surface area contributed by atoms with Gasteiger partial charge in [0, 0.05) is 13.0 Å². The molecule has 1 fully saturated rings. The van der Waals surface area contributed by atoms with E-state index in [1.807, 2.05) is 38.1 Å². The van der Waals surface area contributed by atoms with Crippen LogP contribution in [0, 0.1) is 17.3 Å². The second-order valence-corrected chi connectivity index (χ2v) is 7.35. The summed E-state index contributed by atoms with van der Waals surface area (Å²) in [6.07, 6.45) is 0.663. The Kier molecular flexibility index (Phi) is 3.64. The lowest BCUT2D eigenvalue weighted by Crippen LogP contribution is -2.29. The van der Waals surface area contributed by atoms with Gasteiger partial charge >= 0.3 is 5.97 Å². The fourth-order valence-electron chi connectivity index (χ4n) is 3.02. The molecule has 1 aliphatic rings. The molecular formula is C16H18N2O3S. The van der Waals surface area contributed by atoms with Gasteiger partial charge < -0.3 is 10.4 Å². The largest absolute Gasteiger partial charge is 0.481 e. The van der Waals surface area contributed by atoms with Crippen molar-refractivity contribution in [1.82, 2.24) is 10.3 Å². The van der Waals surface area contributed by atoms with Gasteiger partial charge in [-0.2, -0.15) is 0 Å². The number of aromatic nitrogens is 1. The number of carbonyl (C=O) groups excluding carboxylic acids is 1. The number of thiazole rings is 1. The zero-order valence-electron chi connectivity index (χ0n) is 12.5. The summed E-state index contributed by atoms with van der Waals surface area (Å²) in [5, 5.41) is 12.9. The van der Waals surface area contributed by atoms with Crippen molar-refractivity contribution in [3.8, 4) is 0 Å². The van der Waals surface area contributed by atoms with E-state index in [2.05, 4.69) is 10.3 Å². The first-order valence-corrected chi connectivity index (χ1v) is 8.08. The van der Waals surface area contributed by atoms with Gasteiger partial charge in [0.15, 0.2) is 0 Å². The first-order chi connectivity index (χ1) is 10.4. The number of nitrogens with zero attached hydrogens (tertiary/aromatic N) is 1. The molecular weight excluding hydrogens is 300 g/mol. The molecule has 6 heteroatoms. The maximum absolute atomic E-state index is 12.1. The molecule has 2 aromatic rings. The molecule has 2 atom stereocenters. The van der Waals surface area contributed by atoms with Gasteiger partial charge in [-0.3, -0.25) is 9.59 Å². The molecule has 1 aliphatic carbocycles. The first kappa shape index (κ1) is 15.0. The highest BCUT2D eigenvalue weighted by atomic mass is 32.1. The normalized spacial score (nSPS) is 22.5. The van der Waals surface area contributed by atoms with Crippen molar-refractivity contribution in [3.05, 3.63) is 29.3 Å². The van der Waals surface area contributed by atoms with Crippen molar-refractivity contribution in [2.24, 2.45) is 17.3 Å². The summed E-state index contributed by atoms with van der Waals surface area (Å²) < 4.78 is 1.14. The Labute approximate surface area is 132 Å². The zero-order valence-corrected chi connectivity index (χ0v) is 13.3. The highest BCUT2D eigenvalue weighted by Crippen LogP contribution is 2.58. The number of para-hydroxylation sites is 1. The number of rotatable bonds is 5. The average molecular weight is 318 g/mol. The van der Waals surface area contributed by atoms with Crippen LogP contribution in [0.15, 0.2) is 24.3 Å². The number of benzene rings is 1. The fourth-order valence-corrected chi connectivity index (χ4v) is 3.98. The Morgan fingerprint density at radius 2 is 2.05 bits per heavy atom. The van der Waals surface area contributed by atoms with Crippen LogP contribution in [0.3, 0.4) is 0 Å². The number of aliphatic carboxylic acids is 1. The molecule has 22 heavy (non-hydrogen) atoms. The molecule has 5 nitrogen and oxygen atoms in total. The predicted molar refractivity (Wildman–Crippen MR) is 84.7 cm³/mol. The van der Waals surface area contributed by atoms with E-state index in [0.717, 1.165) is 15.2 Å². The summed E-state index contributed by atoms with van der Waals surface area (Å²) in [5.41, 5.74) is 0.522. The molecule has 1 saturated carbocycles. The van der Waals surface area contributed by atoms with E-state index >= 15 is 0 Å². The van der Waals surface area contributed by atoms with E-state index in [1.54, 1.807) is 11.3 Å². The third-order valence-corrected chi connectivity index (χ3v) is 5.45. The van der Waals surface area contributed by atoms with Crippen LogP contribution in [0.4, 0.5) is 0 Å². The maximum Gasteiger partial charge on any atom is 0.307 e. The number of fused-ring (bicyclic) bond motifs is 1. The molecule has 116 valence electrons. The lowest BCUT2D eigenvalue weighted by Gasteiger charge is -2.04. The quantitative estimate of drug-likeness (QED) is 0.886. The number of amides is 1. The van der Waals surface area contributed by atoms with Crippen LogP contribution in [-0.2, 0) is 16.0 Å². The van der Waals surface area contributed by atoms with Gasteiger partial charge in [0.25, 0.3) is 0 Å². The van der Waals surface area contributed by atoms with Crippen LogP contribution in [0.1, 0.15) is 18.9 Å². The third kappa shape index (κ3) is 2.59. The topological polar surface area (TPSA) is 79.3 Å². The molecule has 0 radical (unpaired) electrons. The van der Waals surface area contributed by atoms with Crippen LogP contribution in [-0.4, -0.2) is 28.5 Å². The predicted octanol–water partition coefficient (Wildman–Crippen LogP) is 2.31. The highest BCUT2D eigenvalue weighted by molar-refractivity contribution is 7.18. The Bertz CT molecular complexity index is 705. The summed E-state index contributed by atoms with van der Waals surface area (Å²) in [4.78, 5) is 27.7. The van der Waals surface area contributed by atoms with Gasteiger partial charge in [-0.05, 0) is 17.5 Å². The standard InChI is InChI=1S/C16H18N2O3S/c1-16(2)12(13(16)15(20)21)14(19)17-8-7-11-18-9-5-3-4-6-10(9)22-11/h3-6,12-13H,7-8H2,1-2H3,(H,17,19)(H,20,21)/t12-,13+/m1/s1. The molecule has 0 unspecified atom stereocenters. The minimum absolute atomic E-state index is 0.168. The minimum Gasteiger partial charge on any atom is -0.481 e. The Morgan fingerprint density at radius 3 is 2.68 bits per heavy atom. The van der Waals surface area contributed by atoms with Crippen molar-refractivity contribution in [2.75, 3.05) is 6.54 Å². The van der Waals surface area contributed by atoms with Crippen molar-refractivity contribution >= 4 is 33.4 Å². The highest BCUT2D eigenvalue weighted by Gasteiger charge is 2.65. The number of carbonyl (C=O) groups is 2. The van der Waals surface area contributed by atoms with Crippen LogP contribution < -0.4 is 5.32 Å². The Hall–Kier alpha value is -1.95. The SMILES string of the molecule is CC1(C)[C@H](C(=O)O)[C@@H]1C(=O)NCCc1nc2ccccc2s1. The summed E-state index contributed by atoms with van der Waals surface area (Å²) in [7, 11) is 0. The van der Waals surface area contributed by atoms with Crippen molar-refractivity contribution < 1.29 is 14.7 Å².